The highest BCUT2D eigenvalue weighted by Crippen LogP contribution is 2.57. The summed E-state index contributed by atoms with van der Waals surface area (Å²) in [6, 6.07) is 8.35. The van der Waals surface area contributed by atoms with Crippen LogP contribution in [0.25, 0.3) is 0 Å². The molecular weight excluding hydrogens is 160 g/mol. The fourth-order valence-electron chi connectivity index (χ4n) is 3.01. The van der Waals surface area contributed by atoms with Crippen molar-refractivity contribution in [1.29, 1.82) is 0 Å². The molecule has 0 saturated heterocycles. The second kappa shape index (κ2) is 2.36. The largest absolute Gasteiger partial charge is 0.385 e. The first-order valence-corrected chi connectivity index (χ1v) is 5.14. The summed E-state index contributed by atoms with van der Waals surface area (Å²) in [5.41, 5.74) is 2.14. The van der Waals surface area contributed by atoms with E-state index in [0.29, 0.717) is 5.92 Å². The molecule has 1 fully saturated rings. The van der Waals surface area contributed by atoms with Gasteiger partial charge in [0.25, 0.3) is 0 Å². The summed E-state index contributed by atoms with van der Waals surface area (Å²) in [4.78, 5) is 0. The molecule has 13 heavy (non-hydrogen) atoms. The third-order valence-electron chi connectivity index (χ3n) is 3.68. The Labute approximate surface area is 78.4 Å². The van der Waals surface area contributed by atoms with Crippen LogP contribution in [-0.2, 0) is 5.60 Å². The van der Waals surface area contributed by atoms with Gasteiger partial charge in [-0.15, -0.1) is 0 Å². The highest BCUT2D eigenvalue weighted by molar-refractivity contribution is 5.48. The normalized spacial score (nSPS) is 35.9. The van der Waals surface area contributed by atoms with Gasteiger partial charge >= 0.3 is 0 Å². The average Bonchev–Trinajstić information content (AvgIpc) is 2.17. The Kier molecular flexibility index (Phi) is 1.37. The van der Waals surface area contributed by atoms with Crippen molar-refractivity contribution in [3.8, 4) is 0 Å². The van der Waals surface area contributed by atoms with Crippen molar-refractivity contribution >= 4 is 0 Å². The fraction of sp³-hybridized carbons (Fsp3) is 0.500. The molecule has 0 unspecified atom stereocenters. The predicted octanol–water partition coefficient (Wildman–Crippen LogP) is 2.55. The summed E-state index contributed by atoms with van der Waals surface area (Å²) >= 11 is 0. The van der Waals surface area contributed by atoms with Crippen LogP contribution in [0.2, 0.25) is 0 Å². The molecule has 0 radical (unpaired) electrons. The van der Waals surface area contributed by atoms with Crippen LogP contribution in [0.3, 0.4) is 0 Å². The van der Waals surface area contributed by atoms with Crippen molar-refractivity contribution < 1.29 is 5.11 Å². The van der Waals surface area contributed by atoms with Gasteiger partial charge in [-0.25, -0.2) is 0 Å². The quantitative estimate of drug-likeness (QED) is 0.641. The standard InChI is InChI=1S/C12H14O/c13-12-8-4-3-7-11(12)9-5-1-2-6-10(9)12/h1-2,5-6,11,13H,3-4,7-8H2/t11-,12-/m1/s1. The number of rotatable bonds is 0. The highest BCUT2D eigenvalue weighted by atomic mass is 16.3. The van der Waals surface area contributed by atoms with Crippen LogP contribution in [0, 0.1) is 0 Å². The lowest BCUT2D eigenvalue weighted by atomic mass is 9.58. The topological polar surface area (TPSA) is 20.2 Å². The number of aliphatic hydroxyl groups is 1. The van der Waals surface area contributed by atoms with E-state index in [9.17, 15) is 5.11 Å². The van der Waals surface area contributed by atoms with Gasteiger partial charge in [0.05, 0.1) is 5.60 Å². The summed E-state index contributed by atoms with van der Waals surface area (Å²) in [5.74, 6) is 0.442. The second-order valence-corrected chi connectivity index (χ2v) is 4.31. The van der Waals surface area contributed by atoms with Crippen molar-refractivity contribution in [3.63, 3.8) is 0 Å². The summed E-state index contributed by atoms with van der Waals surface area (Å²) in [5, 5.41) is 10.4. The zero-order valence-electron chi connectivity index (χ0n) is 7.66. The van der Waals surface area contributed by atoms with Crippen molar-refractivity contribution in [2.24, 2.45) is 0 Å². The number of hydrogen-bond acceptors (Lipinski definition) is 1. The third kappa shape index (κ3) is 0.806. The monoisotopic (exact) mass is 174 g/mol. The molecule has 3 rings (SSSR count). The van der Waals surface area contributed by atoms with Crippen molar-refractivity contribution in [1.82, 2.24) is 0 Å². The Morgan fingerprint density at radius 2 is 2.08 bits per heavy atom. The molecular formula is C12H14O. The first-order valence-electron chi connectivity index (χ1n) is 5.14. The molecule has 2 aliphatic carbocycles. The number of benzene rings is 1. The van der Waals surface area contributed by atoms with E-state index in [2.05, 4.69) is 18.2 Å². The fourth-order valence-corrected chi connectivity index (χ4v) is 3.01. The first-order chi connectivity index (χ1) is 6.32. The second-order valence-electron chi connectivity index (χ2n) is 4.31. The summed E-state index contributed by atoms with van der Waals surface area (Å²) in [6.07, 6.45) is 4.60. The first kappa shape index (κ1) is 7.57. The van der Waals surface area contributed by atoms with E-state index in [1.54, 1.807) is 0 Å². The maximum atomic E-state index is 10.4. The zero-order valence-corrected chi connectivity index (χ0v) is 7.66. The van der Waals surface area contributed by atoms with Crippen LogP contribution in [0.4, 0.5) is 0 Å². The van der Waals surface area contributed by atoms with Gasteiger partial charge in [0.1, 0.15) is 0 Å². The molecule has 2 aliphatic rings. The minimum atomic E-state index is -0.450. The van der Waals surface area contributed by atoms with Crippen LogP contribution >= 0.6 is 0 Å². The summed E-state index contributed by atoms with van der Waals surface area (Å²) in [7, 11) is 0. The molecule has 1 saturated carbocycles. The summed E-state index contributed by atoms with van der Waals surface area (Å²) in [6.45, 7) is 0. The summed E-state index contributed by atoms with van der Waals surface area (Å²) < 4.78 is 0. The van der Waals surface area contributed by atoms with E-state index in [1.165, 1.54) is 30.4 Å². The van der Waals surface area contributed by atoms with Gasteiger partial charge in [-0.1, -0.05) is 37.1 Å². The lowest BCUT2D eigenvalue weighted by Gasteiger charge is -2.50. The lowest BCUT2D eigenvalue weighted by Crippen LogP contribution is -2.45. The van der Waals surface area contributed by atoms with Gasteiger partial charge in [-0.2, -0.15) is 0 Å². The Morgan fingerprint density at radius 1 is 1.23 bits per heavy atom. The van der Waals surface area contributed by atoms with Gasteiger partial charge in [0.15, 0.2) is 0 Å². The molecule has 1 N–H and O–H groups in total. The molecule has 0 bridgehead atoms. The molecule has 0 spiro atoms. The van der Waals surface area contributed by atoms with E-state index in [1.807, 2.05) is 6.07 Å². The number of fused-ring (bicyclic) bond motifs is 4. The maximum Gasteiger partial charge on any atom is 0.0967 e. The average molecular weight is 174 g/mol. The Morgan fingerprint density at radius 3 is 3.00 bits per heavy atom. The molecule has 1 aromatic rings. The smallest absolute Gasteiger partial charge is 0.0967 e. The minimum Gasteiger partial charge on any atom is -0.385 e. The molecule has 68 valence electrons. The molecule has 1 aromatic carbocycles. The van der Waals surface area contributed by atoms with Gasteiger partial charge in [-0.3, -0.25) is 0 Å². The van der Waals surface area contributed by atoms with Crippen LogP contribution in [0.5, 0.6) is 0 Å². The molecule has 0 aliphatic heterocycles. The highest BCUT2D eigenvalue weighted by Gasteiger charge is 2.50. The maximum absolute atomic E-state index is 10.4. The Hall–Kier alpha value is -0.820. The Balaban J connectivity index is 2.11. The van der Waals surface area contributed by atoms with E-state index in [4.69, 9.17) is 0 Å². The van der Waals surface area contributed by atoms with Crippen LogP contribution in [0.15, 0.2) is 24.3 Å². The number of hydrogen-bond donors (Lipinski definition) is 1. The van der Waals surface area contributed by atoms with Gasteiger partial charge in [0, 0.05) is 5.92 Å². The van der Waals surface area contributed by atoms with Crippen LogP contribution in [-0.4, -0.2) is 5.11 Å². The predicted molar refractivity (Wildman–Crippen MR) is 51.5 cm³/mol. The SMILES string of the molecule is O[C@@]12CCCC[C@@H]1c1ccccc12. The molecule has 0 aromatic heterocycles. The molecule has 1 nitrogen and oxygen atoms in total. The molecule has 0 amide bonds. The van der Waals surface area contributed by atoms with Crippen LogP contribution < -0.4 is 0 Å². The van der Waals surface area contributed by atoms with E-state index < -0.39 is 5.60 Å². The molecule has 0 heterocycles. The van der Waals surface area contributed by atoms with E-state index >= 15 is 0 Å². The molecule has 1 heteroatoms. The van der Waals surface area contributed by atoms with E-state index in [0.717, 1.165) is 6.42 Å². The molecule has 2 atom stereocenters. The van der Waals surface area contributed by atoms with Gasteiger partial charge in [0.2, 0.25) is 0 Å². The minimum absolute atomic E-state index is 0.442. The zero-order chi connectivity index (χ0) is 8.89. The third-order valence-corrected chi connectivity index (χ3v) is 3.68. The van der Waals surface area contributed by atoms with Crippen molar-refractivity contribution in [2.75, 3.05) is 0 Å². The van der Waals surface area contributed by atoms with Crippen LogP contribution in [0.1, 0.15) is 42.7 Å². The van der Waals surface area contributed by atoms with E-state index in [-0.39, 0.29) is 0 Å². The Bertz CT molecular complexity index is 345. The van der Waals surface area contributed by atoms with Crippen molar-refractivity contribution in [2.45, 2.75) is 37.2 Å². The lowest BCUT2D eigenvalue weighted by molar-refractivity contribution is -0.0493. The van der Waals surface area contributed by atoms with Gasteiger partial charge < -0.3 is 5.11 Å². The van der Waals surface area contributed by atoms with Crippen molar-refractivity contribution in [3.05, 3.63) is 35.4 Å². The van der Waals surface area contributed by atoms with Gasteiger partial charge in [-0.05, 0) is 24.0 Å².